The molecular formula is C21H27N3O2S. The van der Waals surface area contributed by atoms with Crippen LogP contribution in [-0.4, -0.2) is 30.8 Å². The summed E-state index contributed by atoms with van der Waals surface area (Å²) in [7, 11) is 0. The lowest BCUT2D eigenvalue weighted by Gasteiger charge is -2.13. The van der Waals surface area contributed by atoms with Gasteiger partial charge in [0.25, 0.3) is 0 Å². The molecule has 0 fully saturated rings. The van der Waals surface area contributed by atoms with Gasteiger partial charge >= 0.3 is 6.03 Å². The van der Waals surface area contributed by atoms with Crippen molar-refractivity contribution in [1.29, 1.82) is 0 Å². The number of anilines is 1. The molecule has 0 bridgehead atoms. The standard InChI is InChI=1S/C21H27N3O2S/c1-14-5-7-18(8-6-14)27-10-9-22-21(26)23-13-19(25)24-20-16(3)11-15(2)12-17(20)4/h5-8,11-12H,9-10,13H2,1-4H3,(H,24,25)(H2,22,23,26). The average molecular weight is 386 g/mol. The Kier molecular flexibility index (Phi) is 7.73. The number of nitrogens with one attached hydrogen (secondary N) is 3. The van der Waals surface area contributed by atoms with Gasteiger partial charge in [0, 0.05) is 22.9 Å². The molecule has 0 saturated carbocycles. The Morgan fingerprint density at radius 3 is 2.15 bits per heavy atom. The second-order valence-electron chi connectivity index (χ2n) is 6.59. The van der Waals surface area contributed by atoms with Crippen molar-refractivity contribution in [3.8, 4) is 0 Å². The number of benzene rings is 2. The van der Waals surface area contributed by atoms with Crippen LogP contribution in [0.1, 0.15) is 22.3 Å². The van der Waals surface area contributed by atoms with E-state index in [1.807, 2.05) is 32.9 Å². The normalized spacial score (nSPS) is 10.4. The quantitative estimate of drug-likeness (QED) is 0.499. The van der Waals surface area contributed by atoms with Crippen molar-refractivity contribution in [2.24, 2.45) is 0 Å². The Hall–Kier alpha value is -2.47. The molecule has 0 radical (unpaired) electrons. The number of hydrogen-bond donors (Lipinski definition) is 3. The molecule has 0 heterocycles. The van der Waals surface area contributed by atoms with E-state index in [1.54, 1.807) is 11.8 Å². The number of rotatable bonds is 7. The first kappa shape index (κ1) is 20.8. The molecule has 0 aromatic heterocycles. The Labute approximate surface area is 165 Å². The van der Waals surface area contributed by atoms with E-state index in [4.69, 9.17) is 0 Å². The van der Waals surface area contributed by atoms with Gasteiger partial charge in [0.1, 0.15) is 0 Å². The fraction of sp³-hybridized carbons (Fsp3) is 0.333. The molecule has 27 heavy (non-hydrogen) atoms. The molecule has 5 nitrogen and oxygen atoms in total. The van der Waals surface area contributed by atoms with Crippen LogP contribution in [0, 0.1) is 27.7 Å². The SMILES string of the molecule is Cc1ccc(SCCNC(=O)NCC(=O)Nc2c(C)cc(C)cc2C)cc1. The van der Waals surface area contributed by atoms with E-state index in [0.29, 0.717) is 6.54 Å². The molecule has 0 spiro atoms. The zero-order valence-corrected chi connectivity index (χ0v) is 17.1. The van der Waals surface area contributed by atoms with E-state index in [0.717, 1.165) is 28.1 Å². The monoisotopic (exact) mass is 385 g/mol. The van der Waals surface area contributed by atoms with Crippen molar-refractivity contribution in [3.05, 3.63) is 58.7 Å². The summed E-state index contributed by atoms with van der Waals surface area (Å²) >= 11 is 1.68. The largest absolute Gasteiger partial charge is 0.337 e. The van der Waals surface area contributed by atoms with Gasteiger partial charge in [0.15, 0.2) is 0 Å². The highest BCUT2D eigenvalue weighted by atomic mass is 32.2. The zero-order chi connectivity index (χ0) is 19.8. The van der Waals surface area contributed by atoms with Crippen LogP contribution in [0.3, 0.4) is 0 Å². The summed E-state index contributed by atoms with van der Waals surface area (Å²) < 4.78 is 0. The molecule has 3 N–H and O–H groups in total. The summed E-state index contributed by atoms with van der Waals surface area (Å²) in [4.78, 5) is 25.1. The minimum Gasteiger partial charge on any atom is -0.337 e. The molecule has 0 saturated heterocycles. The highest BCUT2D eigenvalue weighted by Crippen LogP contribution is 2.21. The van der Waals surface area contributed by atoms with Crippen LogP contribution in [0.25, 0.3) is 0 Å². The summed E-state index contributed by atoms with van der Waals surface area (Å²) in [5.41, 5.74) is 5.22. The predicted octanol–water partition coefficient (Wildman–Crippen LogP) is 3.95. The molecule has 144 valence electrons. The Morgan fingerprint density at radius 2 is 1.52 bits per heavy atom. The lowest BCUT2D eigenvalue weighted by atomic mass is 10.1. The number of amides is 3. The van der Waals surface area contributed by atoms with Gasteiger partial charge in [-0.2, -0.15) is 0 Å². The maximum Gasteiger partial charge on any atom is 0.315 e. The topological polar surface area (TPSA) is 70.2 Å². The molecule has 0 aliphatic rings. The smallest absolute Gasteiger partial charge is 0.315 e. The van der Waals surface area contributed by atoms with Crippen LogP contribution >= 0.6 is 11.8 Å². The summed E-state index contributed by atoms with van der Waals surface area (Å²) in [6.07, 6.45) is 0. The maximum atomic E-state index is 12.1. The molecule has 2 aromatic carbocycles. The number of aryl methyl sites for hydroxylation is 4. The van der Waals surface area contributed by atoms with E-state index in [-0.39, 0.29) is 18.5 Å². The van der Waals surface area contributed by atoms with Crippen molar-refractivity contribution >= 4 is 29.4 Å². The Bertz CT molecular complexity index is 781. The summed E-state index contributed by atoms with van der Waals surface area (Å²) in [6, 6.07) is 12.0. The van der Waals surface area contributed by atoms with Crippen LogP contribution in [0.5, 0.6) is 0 Å². The Balaban J connectivity index is 1.67. The van der Waals surface area contributed by atoms with Gasteiger partial charge in [-0.15, -0.1) is 11.8 Å². The van der Waals surface area contributed by atoms with E-state index in [2.05, 4.69) is 47.1 Å². The predicted molar refractivity (Wildman–Crippen MR) is 113 cm³/mol. The molecule has 0 atom stereocenters. The van der Waals surface area contributed by atoms with E-state index in [1.165, 1.54) is 10.5 Å². The first-order valence-electron chi connectivity index (χ1n) is 8.94. The second kappa shape index (κ2) is 10.0. The number of urea groups is 1. The van der Waals surface area contributed by atoms with Gasteiger partial charge < -0.3 is 16.0 Å². The minimum absolute atomic E-state index is 0.0658. The van der Waals surface area contributed by atoms with Crippen molar-refractivity contribution in [1.82, 2.24) is 10.6 Å². The van der Waals surface area contributed by atoms with Gasteiger partial charge in [-0.3, -0.25) is 4.79 Å². The van der Waals surface area contributed by atoms with Crippen LogP contribution in [0.4, 0.5) is 10.5 Å². The molecule has 6 heteroatoms. The second-order valence-corrected chi connectivity index (χ2v) is 7.76. The lowest BCUT2D eigenvalue weighted by Crippen LogP contribution is -2.40. The highest BCUT2D eigenvalue weighted by molar-refractivity contribution is 7.99. The fourth-order valence-electron chi connectivity index (χ4n) is 2.75. The van der Waals surface area contributed by atoms with Crippen LogP contribution in [-0.2, 0) is 4.79 Å². The summed E-state index contributed by atoms with van der Waals surface area (Å²) in [6.45, 7) is 8.46. The molecule has 0 unspecified atom stereocenters. The number of hydrogen-bond acceptors (Lipinski definition) is 3. The third-order valence-corrected chi connectivity index (χ3v) is 5.04. The van der Waals surface area contributed by atoms with Gasteiger partial charge in [-0.1, -0.05) is 35.4 Å². The van der Waals surface area contributed by atoms with Gasteiger partial charge in [0.2, 0.25) is 5.91 Å². The molecule has 0 aliphatic carbocycles. The summed E-state index contributed by atoms with van der Waals surface area (Å²) in [5.74, 6) is 0.527. The molecular weight excluding hydrogens is 358 g/mol. The van der Waals surface area contributed by atoms with E-state index < -0.39 is 0 Å². The Morgan fingerprint density at radius 1 is 0.889 bits per heavy atom. The van der Waals surface area contributed by atoms with E-state index >= 15 is 0 Å². The van der Waals surface area contributed by atoms with Gasteiger partial charge in [-0.05, 0) is 51.0 Å². The highest BCUT2D eigenvalue weighted by Gasteiger charge is 2.09. The van der Waals surface area contributed by atoms with Crippen molar-refractivity contribution in [3.63, 3.8) is 0 Å². The molecule has 2 rings (SSSR count). The maximum absolute atomic E-state index is 12.1. The average Bonchev–Trinajstić information content (AvgIpc) is 2.61. The molecule has 3 amide bonds. The van der Waals surface area contributed by atoms with Crippen LogP contribution in [0.2, 0.25) is 0 Å². The van der Waals surface area contributed by atoms with Crippen LogP contribution < -0.4 is 16.0 Å². The summed E-state index contributed by atoms with van der Waals surface area (Å²) in [5, 5.41) is 8.22. The zero-order valence-electron chi connectivity index (χ0n) is 16.3. The van der Waals surface area contributed by atoms with Crippen molar-refractivity contribution in [2.75, 3.05) is 24.2 Å². The van der Waals surface area contributed by atoms with Gasteiger partial charge in [0.05, 0.1) is 6.54 Å². The molecule has 0 aliphatic heterocycles. The number of thioether (sulfide) groups is 1. The third kappa shape index (κ3) is 6.98. The fourth-order valence-corrected chi connectivity index (χ4v) is 3.52. The first-order valence-corrected chi connectivity index (χ1v) is 9.92. The van der Waals surface area contributed by atoms with Crippen LogP contribution in [0.15, 0.2) is 41.3 Å². The van der Waals surface area contributed by atoms with E-state index in [9.17, 15) is 9.59 Å². The van der Waals surface area contributed by atoms with Crippen molar-refractivity contribution < 1.29 is 9.59 Å². The minimum atomic E-state index is -0.341. The van der Waals surface area contributed by atoms with Crippen molar-refractivity contribution in [2.45, 2.75) is 32.6 Å². The van der Waals surface area contributed by atoms with Gasteiger partial charge in [-0.25, -0.2) is 4.79 Å². The third-order valence-electron chi connectivity index (χ3n) is 4.03. The molecule has 2 aromatic rings. The number of carbonyl (C=O) groups excluding carboxylic acids is 2. The number of carbonyl (C=O) groups is 2. The first-order chi connectivity index (χ1) is 12.8. The lowest BCUT2D eigenvalue weighted by molar-refractivity contribution is -0.115.